The number of hydrogen-bond acceptors (Lipinski definition) is 2. The number of amides is 2. The third-order valence-electron chi connectivity index (χ3n) is 7.59. The van der Waals surface area contributed by atoms with E-state index in [2.05, 4.69) is 29.2 Å². The summed E-state index contributed by atoms with van der Waals surface area (Å²) in [5.74, 6) is -0.296. The number of carbonyl (C=O) groups is 2. The highest BCUT2D eigenvalue weighted by Crippen LogP contribution is 2.41. The number of aryl methyl sites for hydroxylation is 1. The van der Waals surface area contributed by atoms with Gasteiger partial charge in [-0.15, -0.1) is 0 Å². The highest BCUT2D eigenvalue weighted by Gasteiger charge is 2.47. The lowest BCUT2D eigenvalue weighted by Gasteiger charge is -2.47. The maximum Gasteiger partial charge on any atom is 0.246 e. The molecule has 0 radical (unpaired) electrons. The second-order valence-electron chi connectivity index (χ2n) is 9.76. The van der Waals surface area contributed by atoms with Gasteiger partial charge in [0.05, 0.1) is 12.6 Å². The van der Waals surface area contributed by atoms with Gasteiger partial charge in [-0.25, -0.2) is 4.39 Å². The van der Waals surface area contributed by atoms with Gasteiger partial charge in [-0.3, -0.25) is 9.59 Å². The van der Waals surface area contributed by atoms with Crippen molar-refractivity contribution < 1.29 is 14.0 Å². The molecule has 0 spiro atoms. The van der Waals surface area contributed by atoms with Crippen molar-refractivity contribution in [2.24, 2.45) is 0 Å². The van der Waals surface area contributed by atoms with Crippen LogP contribution in [0.3, 0.4) is 0 Å². The number of aromatic amines is 1. The van der Waals surface area contributed by atoms with Crippen LogP contribution in [0, 0.1) is 5.82 Å². The van der Waals surface area contributed by atoms with E-state index >= 15 is 0 Å². The number of fused-ring (bicyclic) bond motifs is 4. The molecule has 3 heterocycles. The minimum absolute atomic E-state index is 0.00245. The molecule has 2 unspecified atom stereocenters. The lowest BCUT2D eigenvalue weighted by Crippen LogP contribution is -2.63. The molecule has 1 aromatic heterocycles. The van der Waals surface area contributed by atoms with E-state index in [1.165, 1.54) is 17.7 Å². The first kappa shape index (κ1) is 22.5. The Kier molecular flexibility index (Phi) is 5.80. The van der Waals surface area contributed by atoms with Crippen molar-refractivity contribution in [2.45, 2.75) is 37.8 Å². The van der Waals surface area contributed by atoms with Gasteiger partial charge in [0.25, 0.3) is 0 Å². The molecular formula is C30H28FN3O2. The van der Waals surface area contributed by atoms with E-state index in [9.17, 15) is 14.0 Å². The van der Waals surface area contributed by atoms with Crippen molar-refractivity contribution in [3.8, 4) is 0 Å². The van der Waals surface area contributed by atoms with E-state index in [-0.39, 0.29) is 30.2 Å². The van der Waals surface area contributed by atoms with Crippen LogP contribution in [0.4, 0.5) is 4.39 Å². The largest absolute Gasteiger partial charge is 0.356 e. The van der Waals surface area contributed by atoms with Gasteiger partial charge in [0, 0.05) is 29.6 Å². The summed E-state index contributed by atoms with van der Waals surface area (Å²) in [7, 11) is 0. The van der Waals surface area contributed by atoms with E-state index in [1.54, 1.807) is 17.0 Å². The Morgan fingerprint density at radius 3 is 2.39 bits per heavy atom. The predicted octanol–water partition coefficient (Wildman–Crippen LogP) is 4.82. The Bertz CT molecular complexity index is 1410. The standard InChI is InChI=1S/C30H28FN3O2/c31-22-13-10-21(11-14-22)16-17-33-19-28(35)34-26(15-12-20-6-2-1-3-7-20)29-24(18-27(34)30(33)36)23-8-4-5-9-25(23)32-29/h1-11,13-14,26-27,32H,12,15-19H2. The fraction of sp³-hybridized carbons (Fsp3) is 0.267. The van der Waals surface area contributed by atoms with Crippen molar-refractivity contribution in [2.75, 3.05) is 13.1 Å². The Morgan fingerprint density at radius 1 is 0.861 bits per heavy atom. The number of aromatic nitrogens is 1. The van der Waals surface area contributed by atoms with Crippen LogP contribution in [0.1, 0.15) is 34.8 Å². The fourth-order valence-corrected chi connectivity index (χ4v) is 5.80. The Balaban J connectivity index is 1.30. The molecule has 1 N–H and O–H groups in total. The number of piperazine rings is 1. The van der Waals surface area contributed by atoms with Crippen LogP contribution in [0.5, 0.6) is 0 Å². The SMILES string of the molecule is O=C1C2Cc3c([nH]c4ccccc34)C(CCc3ccccc3)N2C(=O)CN1CCc1ccc(F)cc1. The molecule has 2 aliphatic heterocycles. The molecule has 36 heavy (non-hydrogen) atoms. The van der Waals surface area contributed by atoms with E-state index < -0.39 is 6.04 Å². The molecule has 5 nitrogen and oxygen atoms in total. The molecule has 182 valence electrons. The Labute approximate surface area is 209 Å². The maximum atomic E-state index is 13.7. The minimum Gasteiger partial charge on any atom is -0.356 e. The molecule has 1 fully saturated rings. The number of H-pyrrole nitrogens is 1. The molecule has 3 aromatic carbocycles. The average Bonchev–Trinajstić information content (AvgIpc) is 3.28. The summed E-state index contributed by atoms with van der Waals surface area (Å²) in [5.41, 5.74) is 5.41. The first-order valence-electron chi connectivity index (χ1n) is 12.6. The molecule has 0 aliphatic carbocycles. The summed E-state index contributed by atoms with van der Waals surface area (Å²) >= 11 is 0. The number of rotatable bonds is 6. The van der Waals surface area contributed by atoms with Gasteiger partial charge in [0.15, 0.2) is 0 Å². The van der Waals surface area contributed by atoms with Gasteiger partial charge < -0.3 is 14.8 Å². The number of para-hydroxylation sites is 1. The van der Waals surface area contributed by atoms with E-state index in [1.807, 2.05) is 35.2 Å². The molecular weight excluding hydrogens is 453 g/mol. The smallest absolute Gasteiger partial charge is 0.246 e. The van der Waals surface area contributed by atoms with Crippen LogP contribution in [-0.4, -0.2) is 45.7 Å². The van der Waals surface area contributed by atoms with Gasteiger partial charge in [-0.1, -0.05) is 60.7 Å². The molecule has 1 saturated heterocycles. The molecule has 4 aromatic rings. The first-order valence-corrected chi connectivity index (χ1v) is 12.6. The zero-order chi connectivity index (χ0) is 24.6. The molecule has 6 heteroatoms. The number of halogens is 1. The lowest BCUT2D eigenvalue weighted by molar-refractivity contribution is -0.159. The molecule has 2 aliphatic rings. The van der Waals surface area contributed by atoms with Gasteiger partial charge in [0.2, 0.25) is 11.8 Å². The van der Waals surface area contributed by atoms with E-state index in [4.69, 9.17) is 0 Å². The molecule has 6 rings (SSSR count). The Hall–Kier alpha value is -3.93. The topological polar surface area (TPSA) is 56.4 Å². The van der Waals surface area contributed by atoms with Gasteiger partial charge in [-0.05, 0) is 54.2 Å². The minimum atomic E-state index is -0.507. The van der Waals surface area contributed by atoms with Crippen molar-refractivity contribution in [1.82, 2.24) is 14.8 Å². The second-order valence-corrected chi connectivity index (χ2v) is 9.76. The summed E-state index contributed by atoms with van der Waals surface area (Å²) in [6, 6.07) is 24.1. The van der Waals surface area contributed by atoms with Gasteiger partial charge in [-0.2, -0.15) is 0 Å². The molecule has 2 amide bonds. The Morgan fingerprint density at radius 2 is 1.58 bits per heavy atom. The highest BCUT2D eigenvalue weighted by atomic mass is 19.1. The number of nitrogens with zero attached hydrogens (tertiary/aromatic N) is 2. The third kappa shape index (κ3) is 4.06. The summed E-state index contributed by atoms with van der Waals surface area (Å²) in [6.07, 6.45) is 2.66. The van der Waals surface area contributed by atoms with Crippen molar-refractivity contribution in [3.05, 3.63) is 107 Å². The number of benzene rings is 3. The van der Waals surface area contributed by atoms with Crippen molar-refractivity contribution >= 4 is 22.7 Å². The zero-order valence-electron chi connectivity index (χ0n) is 20.0. The van der Waals surface area contributed by atoms with Crippen molar-refractivity contribution in [3.63, 3.8) is 0 Å². The number of nitrogens with one attached hydrogen (secondary N) is 1. The number of carbonyl (C=O) groups excluding carboxylic acids is 2. The lowest BCUT2D eigenvalue weighted by atomic mass is 9.86. The number of hydrogen-bond donors (Lipinski definition) is 1. The first-order chi connectivity index (χ1) is 17.6. The van der Waals surface area contributed by atoms with Crippen LogP contribution >= 0.6 is 0 Å². The monoisotopic (exact) mass is 481 g/mol. The summed E-state index contributed by atoms with van der Waals surface area (Å²) in [6.45, 7) is 0.518. The molecule has 2 atom stereocenters. The van der Waals surface area contributed by atoms with E-state index in [0.29, 0.717) is 19.4 Å². The van der Waals surface area contributed by atoms with E-state index in [0.717, 1.165) is 40.6 Å². The summed E-state index contributed by atoms with van der Waals surface area (Å²) < 4.78 is 13.3. The quantitative estimate of drug-likeness (QED) is 0.429. The van der Waals surface area contributed by atoms with Gasteiger partial charge in [0.1, 0.15) is 11.9 Å². The average molecular weight is 482 g/mol. The summed E-state index contributed by atoms with van der Waals surface area (Å²) in [4.78, 5) is 34.4. The van der Waals surface area contributed by atoms with Crippen LogP contribution in [-0.2, 0) is 28.9 Å². The second kappa shape index (κ2) is 9.26. The summed E-state index contributed by atoms with van der Waals surface area (Å²) in [5, 5.41) is 1.13. The maximum absolute atomic E-state index is 13.7. The van der Waals surface area contributed by atoms with Crippen LogP contribution in [0.25, 0.3) is 10.9 Å². The highest BCUT2D eigenvalue weighted by molar-refractivity contribution is 5.97. The normalized spacial score (nSPS) is 19.5. The predicted molar refractivity (Wildman–Crippen MR) is 137 cm³/mol. The zero-order valence-corrected chi connectivity index (χ0v) is 20.0. The van der Waals surface area contributed by atoms with Crippen molar-refractivity contribution in [1.29, 1.82) is 0 Å². The van der Waals surface area contributed by atoms with Crippen LogP contribution < -0.4 is 0 Å². The van der Waals surface area contributed by atoms with Crippen LogP contribution in [0.15, 0.2) is 78.9 Å². The molecule has 0 saturated carbocycles. The fourth-order valence-electron chi connectivity index (χ4n) is 5.80. The van der Waals surface area contributed by atoms with Crippen LogP contribution in [0.2, 0.25) is 0 Å². The van der Waals surface area contributed by atoms with Gasteiger partial charge >= 0.3 is 0 Å². The third-order valence-corrected chi connectivity index (χ3v) is 7.59. The molecule has 0 bridgehead atoms.